The summed E-state index contributed by atoms with van der Waals surface area (Å²) in [5, 5.41) is 11.8. The Morgan fingerprint density at radius 1 is 1.30 bits per heavy atom. The van der Waals surface area contributed by atoms with E-state index in [1.165, 1.54) is 0 Å². The molecule has 20 heavy (non-hydrogen) atoms. The third-order valence-electron chi connectivity index (χ3n) is 2.69. The average Bonchev–Trinajstić information content (AvgIpc) is 2.40. The summed E-state index contributed by atoms with van der Waals surface area (Å²) in [6.07, 6.45) is 0.214. The lowest BCUT2D eigenvalue weighted by Gasteiger charge is -2.08. The number of hydrogen-bond donors (Lipinski definition) is 2. The van der Waals surface area contributed by atoms with Crippen molar-refractivity contribution in [2.45, 2.75) is 6.42 Å². The van der Waals surface area contributed by atoms with Gasteiger partial charge in [-0.25, -0.2) is 0 Å². The minimum Gasteiger partial charge on any atom is -0.399 e. The van der Waals surface area contributed by atoms with Crippen LogP contribution >= 0.6 is 15.9 Å². The Morgan fingerprint density at radius 3 is 2.80 bits per heavy atom. The van der Waals surface area contributed by atoms with Crippen LogP contribution in [0.25, 0.3) is 0 Å². The van der Waals surface area contributed by atoms with Gasteiger partial charge in [0.25, 0.3) is 0 Å². The first-order valence-electron chi connectivity index (χ1n) is 5.92. The predicted octanol–water partition coefficient (Wildman–Crippen LogP) is 3.08. The molecule has 0 saturated heterocycles. The van der Waals surface area contributed by atoms with E-state index in [-0.39, 0.29) is 12.3 Å². The third kappa shape index (κ3) is 3.59. The standard InChI is InChI=1S/C15H12BrN3O/c16-12-4-5-14(11(8-12)9-17)19-15(20)7-10-2-1-3-13(18)6-10/h1-6,8H,7,18H2,(H,19,20). The molecule has 0 radical (unpaired) electrons. The summed E-state index contributed by atoms with van der Waals surface area (Å²) >= 11 is 3.29. The van der Waals surface area contributed by atoms with Crippen molar-refractivity contribution in [1.29, 1.82) is 5.26 Å². The van der Waals surface area contributed by atoms with E-state index in [0.717, 1.165) is 10.0 Å². The van der Waals surface area contributed by atoms with Crippen LogP contribution in [0.3, 0.4) is 0 Å². The quantitative estimate of drug-likeness (QED) is 0.849. The van der Waals surface area contributed by atoms with E-state index >= 15 is 0 Å². The van der Waals surface area contributed by atoms with E-state index in [1.54, 1.807) is 36.4 Å². The molecule has 0 atom stereocenters. The molecule has 0 aliphatic heterocycles. The van der Waals surface area contributed by atoms with Gasteiger partial charge in [-0.15, -0.1) is 0 Å². The Balaban J connectivity index is 2.11. The predicted molar refractivity (Wildman–Crippen MR) is 82.0 cm³/mol. The number of benzene rings is 2. The minimum atomic E-state index is -0.186. The van der Waals surface area contributed by atoms with E-state index in [0.29, 0.717) is 16.9 Å². The number of nitrogens with one attached hydrogen (secondary N) is 1. The van der Waals surface area contributed by atoms with Gasteiger partial charge >= 0.3 is 0 Å². The van der Waals surface area contributed by atoms with Crippen LogP contribution in [-0.4, -0.2) is 5.91 Å². The van der Waals surface area contributed by atoms with Gasteiger partial charge < -0.3 is 11.1 Å². The van der Waals surface area contributed by atoms with Gasteiger partial charge in [0, 0.05) is 10.2 Å². The lowest BCUT2D eigenvalue weighted by Crippen LogP contribution is -2.15. The third-order valence-corrected chi connectivity index (χ3v) is 3.19. The number of nitrogen functional groups attached to an aromatic ring is 1. The Bertz CT molecular complexity index is 692. The van der Waals surface area contributed by atoms with Crippen LogP contribution in [0.5, 0.6) is 0 Å². The summed E-state index contributed by atoms with van der Waals surface area (Å²) in [5.41, 5.74) is 8.04. The highest BCUT2D eigenvalue weighted by molar-refractivity contribution is 9.10. The van der Waals surface area contributed by atoms with Gasteiger partial charge in [-0.1, -0.05) is 28.1 Å². The number of rotatable bonds is 3. The molecule has 2 aromatic rings. The Morgan fingerprint density at radius 2 is 2.10 bits per heavy atom. The normalized spacial score (nSPS) is 9.80. The highest BCUT2D eigenvalue weighted by atomic mass is 79.9. The Hall–Kier alpha value is -2.32. The van der Waals surface area contributed by atoms with Crippen LogP contribution in [-0.2, 0) is 11.2 Å². The molecular weight excluding hydrogens is 318 g/mol. The van der Waals surface area contributed by atoms with Crippen molar-refractivity contribution in [3.8, 4) is 6.07 Å². The highest BCUT2D eigenvalue weighted by Crippen LogP contribution is 2.20. The van der Waals surface area contributed by atoms with Gasteiger partial charge in [0.15, 0.2) is 0 Å². The zero-order valence-electron chi connectivity index (χ0n) is 10.6. The monoisotopic (exact) mass is 329 g/mol. The summed E-state index contributed by atoms with van der Waals surface area (Å²) < 4.78 is 0.794. The summed E-state index contributed by atoms with van der Waals surface area (Å²) in [4.78, 5) is 12.0. The Kier molecular flexibility index (Phi) is 4.38. The van der Waals surface area contributed by atoms with E-state index < -0.39 is 0 Å². The zero-order valence-corrected chi connectivity index (χ0v) is 12.1. The molecule has 0 saturated carbocycles. The zero-order chi connectivity index (χ0) is 14.5. The molecule has 1 amide bonds. The maximum absolute atomic E-state index is 12.0. The number of carbonyl (C=O) groups is 1. The van der Waals surface area contributed by atoms with E-state index in [4.69, 9.17) is 11.0 Å². The molecule has 5 heteroatoms. The maximum atomic E-state index is 12.0. The minimum absolute atomic E-state index is 0.186. The van der Waals surface area contributed by atoms with Crippen LogP contribution in [0.15, 0.2) is 46.9 Å². The molecular formula is C15H12BrN3O. The first kappa shape index (κ1) is 14.1. The molecule has 0 aliphatic carbocycles. The fourth-order valence-electron chi connectivity index (χ4n) is 1.80. The van der Waals surface area contributed by atoms with Gasteiger partial charge in [-0.2, -0.15) is 5.26 Å². The number of halogens is 1. The first-order chi connectivity index (χ1) is 9.58. The molecule has 0 bridgehead atoms. The van der Waals surface area contributed by atoms with Crippen molar-refractivity contribution in [1.82, 2.24) is 0 Å². The molecule has 3 N–H and O–H groups in total. The maximum Gasteiger partial charge on any atom is 0.228 e. The smallest absolute Gasteiger partial charge is 0.228 e. The lowest BCUT2D eigenvalue weighted by atomic mass is 10.1. The van der Waals surface area contributed by atoms with Crippen LogP contribution in [0.2, 0.25) is 0 Å². The second-order valence-electron chi connectivity index (χ2n) is 4.27. The van der Waals surface area contributed by atoms with Crippen molar-refractivity contribution in [2.75, 3.05) is 11.1 Å². The number of nitrogens with two attached hydrogens (primary N) is 1. The molecule has 0 aliphatic rings. The van der Waals surface area contributed by atoms with Crippen LogP contribution in [0, 0.1) is 11.3 Å². The fourth-order valence-corrected chi connectivity index (χ4v) is 2.16. The van der Waals surface area contributed by atoms with Crippen LogP contribution in [0.1, 0.15) is 11.1 Å². The van der Waals surface area contributed by atoms with Gasteiger partial charge in [0.05, 0.1) is 17.7 Å². The second-order valence-corrected chi connectivity index (χ2v) is 5.19. The van der Waals surface area contributed by atoms with Crippen LogP contribution < -0.4 is 11.1 Å². The second kappa shape index (κ2) is 6.22. The molecule has 0 spiro atoms. The molecule has 0 unspecified atom stereocenters. The molecule has 100 valence electrons. The number of hydrogen-bond acceptors (Lipinski definition) is 3. The SMILES string of the molecule is N#Cc1cc(Br)ccc1NC(=O)Cc1cccc(N)c1. The van der Waals surface area contributed by atoms with Gasteiger partial charge in [-0.05, 0) is 35.9 Å². The van der Waals surface area contributed by atoms with Gasteiger partial charge in [-0.3, -0.25) is 4.79 Å². The number of carbonyl (C=O) groups excluding carboxylic acids is 1. The van der Waals surface area contributed by atoms with Crippen molar-refractivity contribution in [2.24, 2.45) is 0 Å². The van der Waals surface area contributed by atoms with Gasteiger partial charge in [0.1, 0.15) is 6.07 Å². The highest BCUT2D eigenvalue weighted by Gasteiger charge is 2.08. The molecule has 2 aromatic carbocycles. The van der Waals surface area contributed by atoms with Crippen molar-refractivity contribution < 1.29 is 4.79 Å². The summed E-state index contributed by atoms with van der Waals surface area (Å²) in [6, 6.07) is 14.3. The molecule has 4 nitrogen and oxygen atoms in total. The molecule has 0 aromatic heterocycles. The molecule has 0 heterocycles. The average molecular weight is 330 g/mol. The van der Waals surface area contributed by atoms with E-state index in [9.17, 15) is 4.79 Å². The van der Waals surface area contributed by atoms with E-state index in [1.807, 2.05) is 6.07 Å². The van der Waals surface area contributed by atoms with Gasteiger partial charge in [0.2, 0.25) is 5.91 Å². The largest absolute Gasteiger partial charge is 0.399 e. The summed E-state index contributed by atoms with van der Waals surface area (Å²) in [5.74, 6) is -0.186. The number of nitrogens with zero attached hydrogens (tertiary/aromatic N) is 1. The lowest BCUT2D eigenvalue weighted by molar-refractivity contribution is -0.115. The van der Waals surface area contributed by atoms with Crippen molar-refractivity contribution in [3.63, 3.8) is 0 Å². The number of anilines is 2. The molecule has 2 rings (SSSR count). The van der Waals surface area contributed by atoms with Crippen molar-refractivity contribution >= 4 is 33.2 Å². The summed E-state index contributed by atoms with van der Waals surface area (Å²) in [7, 11) is 0. The number of amides is 1. The van der Waals surface area contributed by atoms with E-state index in [2.05, 4.69) is 27.3 Å². The fraction of sp³-hybridized carbons (Fsp3) is 0.0667. The topological polar surface area (TPSA) is 78.9 Å². The first-order valence-corrected chi connectivity index (χ1v) is 6.71. The molecule has 0 fully saturated rings. The van der Waals surface area contributed by atoms with Crippen LogP contribution in [0.4, 0.5) is 11.4 Å². The Labute approximate surface area is 125 Å². The number of nitriles is 1. The summed E-state index contributed by atoms with van der Waals surface area (Å²) in [6.45, 7) is 0. The van der Waals surface area contributed by atoms with Crippen molar-refractivity contribution in [3.05, 3.63) is 58.1 Å².